The highest BCUT2D eigenvalue weighted by molar-refractivity contribution is 5.89. The number of anilines is 1. The summed E-state index contributed by atoms with van der Waals surface area (Å²) in [6.45, 7) is 2.04. The second kappa shape index (κ2) is 17.6. The minimum Gasteiger partial charge on any atom is -0.480 e. The van der Waals surface area contributed by atoms with Crippen molar-refractivity contribution in [3.63, 3.8) is 0 Å². The summed E-state index contributed by atoms with van der Waals surface area (Å²) in [6.07, 6.45) is 11.0. The average Bonchev–Trinajstić information content (AvgIpc) is 2.96. The van der Waals surface area contributed by atoms with Gasteiger partial charge < -0.3 is 27.6 Å². The van der Waals surface area contributed by atoms with Gasteiger partial charge in [-0.1, -0.05) is 32.1 Å². The van der Waals surface area contributed by atoms with Crippen LogP contribution in [0, 0.1) is 0 Å². The summed E-state index contributed by atoms with van der Waals surface area (Å²) in [7, 11) is 0. The molecular weight excluding hydrogens is 384 g/mol. The number of carbonyl (C=O) groups is 3. The van der Waals surface area contributed by atoms with Gasteiger partial charge in [-0.3, -0.25) is 14.4 Å². The Balaban J connectivity index is 0.000000429. The maximum atomic E-state index is 10.6. The molecule has 1 saturated carbocycles. The van der Waals surface area contributed by atoms with E-state index in [2.05, 4.69) is 5.32 Å². The smallest absolute Gasteiger partial charge is 0.320 e. The predicted octanol–water partition coefficient (Wildman–Crippen LogP) is 2.65. The van der Waals surface area contributed by atoms with Gasteiger partial charge in [-0.25, -0.2) is 0 Å². The van der Waals surface area contributed by atoms with Crippen LogP contribution in [0.1, 0.15) is 75.1 Å². The van der Waals surface area contributed by atoms with Gasteiger partial charge in [0, 0.05) is 24.2 Å². The SMILES string of the molecule is CC(=O)Nc1ccc(C=O)cc1.NC1CCCCCC1.NCCCC[C@H](N)C(=O)O. The second-order valence-electron chi connectivity index (χ2n) is 7.40. The van der Waals surface area contributed by atoms with E-state index in [1.165, 1.54) is 45.4 Å². The summed E-state index contributed by atoms with van der Waals surface area (Å²) in [5, 5.41) is 10.9. The number of benzene rings is 1. The number of carbonyl (C=O) groups excluding carboxylic acids is 2. The van der Waals surface area contributed by atoms with Gasteiger partial charge in [-0.2, -0.15) is 0 Å². The molecule has 1 aromatic carbocycles. The lowest BCUT2D eigenvalue weighted by atomic mass is 10.1. The van der Waals surface area contributed by atoms with Crippen LogP contribution in [0.25, 0.3) is 0 Å². The van der Waals surface area contributed by atoms with E-state index < -0.39 is 12.0 Å². The third-order valence-corrected chi connectivity index (χ3v) is 4.55. The highest BCUT2D eigenvalue weighted by Gasteiger charge is 2.09. The molecule has 8 N–H and O–H groups in total. The average molecular weight is 423 g/mol. The first-order valence-corrected chi connectivity index (χ1v) is 10.6. The lowest BCUT2D eigenvalue weighted by Gasteiger charge is -2.03. The number of carboxylic acids is 1. The Hall–Kier alpha value is -2.29. The molecule has 1 atom stereocenters. The highest BCUT2D eigenvalue weighted by Crippen LogP contribution is 2.15. The molecule has 1 aliphatic carbocycles. The second-order valence-corrected chi connectivity index (χ2v) is 7.40. The number of nitrogens with two attached hydrogens (primary N) is 3. The Labute approximate surface area is 179 Å². The Morgan fingerprint density at radius 1 is 1.13 bits per heavy atom. The van der Waals surface area contributed by atoms with Gasteiger partial charge in [0.15, 0.2) is 0 Å². The zero-order valence-electron chi connectivity index (χ0n) is 18.0. The van der Waals surface area contributed by atoms with Crippen molar-refractivity contribution in [2.24, 2.45) is 17.2 Å². The van der Waals surface area contributed by atoms with Crippen LogP contribution in [0.15, 0.2) is 24.3 Å². The first-order chi connectivity index (χ1) is 14.3. The number of rotatable bonds is 7. The summed E-state index contributed by atoms with van der Waals surface area (Å²) in [6, 6.07) is 6.48. The molecule has 0 bridgehead atoms. The molecule has 0 aromatic heterocycles. The molecule has 0 radical (unpaired) electrons. The highest BCUT2D eigenvalue weighted by atomic mass is 16.4. The fourth-order valence-corrected chi connectivity index (χ4v) is 2.79. The molecule has 0 unspecified atom stereocenters. The third kappa shape index (κ3) is 15.6. The lowest BCUT2D eigenvalue weighted by molar-refractivity contribution is -0.138. The van der Waals surface area contributed by atoms with Crippen LogP contribution in [-0.4, -0.2) is 41.9 Å². The van der Waals surface area contributed by atoms with Gasteiger partial charge in [0.2, 0.25) is 5.91 Å². The predicted molar refractivity (Wildman–Crippen MR) is 120 cm³/mol. The molecule has 1 aliphatic rings. The molecule has 8 heteroatoms. The number of aldehydes is 1. The van der Waals surface area contributed by atoms with Crippen molar-refractivity contribution in [2.45, 2.75) is 76.8 Å². The maximum absolute atomic E-state index is 10.6. The number of carboxylic acid groups (broad SMARTS) is 1. The summed E-state index contributed by atoms with van der Waals surface area (Å²) < 4.78 is 0. The van der Waals surface area contributed by atoms with Crippen LogP contribution in [-0.2, 0) is 9.59 Å². The van der Waals surface area contributed by atoms with Crippen molar-refractivity contribution in [1.29, 1.82) is 0 Å². The number of aliphatic carboxylic acids is 1. The van der Waals surface area contributed by atoms with Crippen LogP contribution in [0.3, 0.4) is 0 Å². The molecule has 1 aromatic rings. The molecular formula is C22H38N4O4. The summed E-state index contributed by atoms with van der Waals surface area (Å²) in [5.74, 6) is -1.05. The van der Waals surface area contributed by atoms with E-state index in [1.807, 2.05) is 0 Å². The molecule has 0 saturated heterocycles. The third-order valence-electron chi connectivity index (χ3n) is 4.55. The van der Waals surface area contributed by atoms with E-state index in [4.69, 9.17) is 22.3 Å². The molecule has 0 heterocycles. The van der Waals surface area contributed by atoms with Crippen molar-refractivity contribution in [1.82, 2.24) is 0 Å². The standard InChI is InChI=1S/C9H9NO2.C7H15N.C6H14N2O2/c1-7(12)10-9-4-2-8(6-11)3-5-9;8-7-5-3-1-2-4-6-7;7-4-2-1-3-5(8)6(9)10/h2-6H,1H3,(H,10,12);7H,1-6,8H2;5H,1-4,7-8H2,(H,9,10)/t;;5-/m..0/s1. The van der Waals surface area contributed by atoms with E-state index in [0.29, 0.717) is 30.3 Å². The van der Waals surface area contributed by atoms with Gasteiger partial charge >= 0.3 is 5.97 Å². The molecule has 0 aliphatic heterocycles. The number of amides is 1. The van der Waals surface area contributed by atoms with Crippen LogP contribution in [0.4, 0.5) is 5.69 Å². The molecule has 1 fully saturated rings. The molecule has 30 heavy (non-hydrogen) atoms. The zero-order chi connectivity index (χ0) is 22.8. The van der Waals surface area contributed by atoms with Crippen molar-refractivity contribution in [3.8, 4) is 0 Å². The topological polar surface area (TPSA) is 162 Å². The quantitative estimate of drug-likeness (QED) is 0.256. The van der Waals surface area contributed by atoms with Gasteiger partial charge in [0.05, 0.1) is 0 Å². The number of hydrogen-bond donors (Lipinski definition) is 5. The van der Waals surface area contributed by atoms with Gasteiger partial charge in [0.25, 0.3) is 0 Å². The molecule has 1 amide bonds. The van der Waals surface area contributed by atoms with Crippen molar-refractivity contribution >= 4 is 23.9 Å². The van der Waals surface area contributed by atoms with Crippen molar-refractivity contribution < 1.29 is 19.5 Å². The van der Waals surface area contributed by atoms with E-state index in [1.54, 1.807) is 24.3 Å². The summed E-state index contributed by atoms with van der Waals surface area (Å²) >= 11 is 0. The number of unbranched alkanes of at least 4 members (excludes halogenated alkanes) is 1. The zero-order valence-corrected chi connectivity index (χ0v) is 18.0. The monoisotopic (exact) mass is 422 g/mol. The van der Waals surface area contributed by atoms with Crippen molar-refractivity contribution in [3.05, 3.63) is 29.8 Å². The van der Waals surface area contributed by atoms with E-state index in [-0.39, 0.29) is 5.91 Å². The van der Waals surface area contributed by atoms with Crippen LogP contribution in [0.5, 0.6) is 0 Å². The Kier molecular flexibility index (Phi) is 16.2. The molecule has 170 valence electrons. The summed E-state index contributed by atoms with van der Waals surface area (Å²) in [4.78, 5) is 31.0. The Morgan fingerprint density at radius 3 is 2.13 bits per heavy atom. The first kappa shape index (κ1) is 27.7. The van der Waals surface area contributed by atoms with Crippen molar-refractivity contribution in [2.75, 3.05) is 11.9 Å². The Bertz CT molecular complexity index is 600. The van der Waals surface area contributed by atoms with E-state index in [9.17, 15) is 14.4 Å². The van der Waals surface area contributed by atoms with E-state index in [0.717, 1.165) is 19.1 Å². The minimum atomic E-state index is -0.933. The Morgan fingerprint density at radius 2 is 1.70 bits per heavy atom. The first-order valence-electron chi connectivity index (χ1n) is 10.6. The minimum absolute atomic E-state index is 0.117. The molecule has 2 rings (SSSR count). The van der Waals surface area contributed by atoms with E-state index >= 15 is 0 Å². The summed E-state index contributed by atoms with van der Waals surface area (Å²) in [5.41, 5.74) is 17.5. The van der Waals surface area contributed by atoms with Crippen LogP contribution >= 0.6 is 0 Å². The van der Waals surface area contributed by atoms with Crippen LogP contribution < -0.4 is 22.5 Å². The van der Waals surface area contributed by atoms with Gasteiger partial charge in [-0.05, 0) is 56.5 Å². The molecule has 0 spiro atoms. The normalized spacial score (nSPS) is 14.7. The van der Waals surface area contributed by atoms with Crippen LogP contribution in [0.2, 0.25) is 0 Å². The number of nitrogens with one attached hydrogen (secondary N) is 1. The fourth-order valence-electron chi connectivity index (χ4n) is 2.79. The van der Waals surface area contributed by atoms with Gasteiger partial charge in [-0.15, -0.1) is 0 Å². The van der Waals surface area contributed by atoms with Gasteiger partial charge in [0.1, 0.15) is 12.3 Å². The molecule has 8 nitrogen and oxygen atoms in total. The lowest BCUT2D eigenvalue weighted by Crippen LogP contribution is -2.29. The fraction of sp³-hybridized carbons (Fsp3) is 0.591. The maximum Gasteiger partial charge on any atom is 0.320 e. The number of hydrogen-bond acceptors (Lipinski definition) is 6. The largest absolute Gasteiger partial charge is 0.480 e.